The number of benzene rings is 1. The zero-order valence-corrected chi connectivity index (χ0v) is 17.2. The number of carbonyl (C=O) groups excluding carboxylic acids is 1. The lowest BCUT2D eigenvalue weighted by molar-refractivity contribution is -0.126. The molecule has 0 radical (unpaired) electrons. The van der Waals surface area contributed by atoms with Crippen LogP contribution in [0.15, 0.2) is 24.3 Å². The van der Waals surface area contributed by atoms with Gasteiger partial charge < -0.3 is 5.32 Å². The van der Waals surface area contributed by atoms with Crippen LogP contribution in [0.4, 0.5) is 0 Å². The van der Waals surface area contributed by atoms with E-state index in [0.717, 1.165) is 31.2 Å². The van der Waals surface area contributed by atoms with Gasteiger partial charge in [-0.15, -0.1) is 0 Å². The van der Waals surface area contributed by atoms with Crippen LogP contribution in [0.3, 0.4) is 0 Å². The summed E-state index contributed by atoms with van der Waals surface area (Å²) < 4.78 is 29.0. The van der Waals surface area contributed by atoms with E-state index in [-0.39, 0.29) is 18.4 Å². The minimum Gasteiger partial charge on any atom is -0.352 e. The van der Waals surface area contributed by atoms with E-state index in [1.165, 1.54) is 9.87 Å². The molecule has 2 aliphatic heterocycles. The van der Waals surface area contributed by atoms with Crippen LogP contribution in [0.1, 0.15) is 43.7 Å². The first kappa shape index (κ1) is 20.3. The van der Waals surface area contributed by atoms with Crippen LogP contribution in [0.5, 0.6) is 0 Å². The van der Waals surface area contributed by atoms with E-state index < -0.39 is 10.2 Å². The molecule has 2 aliphatic rings. The molecule has 150 valence electrons. The van der Waals surface area contributed by atoms with Gasteiger partial charge in [-0.3, -0.25) is 4.79 Å². The third kappa shape index (κ3) is 5.09. The third-order valence-corrected chi connectivity index (χ3v) is 7.74. The number of nitrogens with zero attached hydrogens (tertiary/aromatic N) is 2. The number of piperidine rings is 2. The lowest BCUT2D eigenvalue weighted by atomic mass is 9.98. The Balaban J connectivity index is 1.56. The molecular weight excluding hydrogens is 362 g/mol. The lowest BCUT2D eigenvalue weighted by Gasteiger charge is -2.37. The molecule has 3 rings (SSSR count). The van der Waals surface area contributed by atoms with Gasteiger partial charge in [0.05, 0.1) is 5.92 Å². The molecule has 6 nitrogen and oxygen atoms in total. The monoisotopic (exact) mass is 393 g/mol. The Bertz CT molecular complexity index is 740. The van der Waals surface area contributed by atoms with Crippen molar-refractivity contribution in [2.24, 2.45) is 11.8 Å². The molecule has 0 aromatic heterocycles. The average molecular weight is 394 g/mol. The highest BCUT2D eigenvalue weighted by molar-refractivity contribution is 7.86. The summed E-state index contributed by atoms with van der Waals surface area (Å²) in [4.78, 5) is 12.6. The number of rotatable bonds is 5. The highest BCUT2D eigenvalue weighted by atomic mass is 32.2. The molecule has 0 bridgehead atoms. The molecule has 7 heteroatoms. The van der Waals surface area contributed by atoms with Crippen molar-refractivity contribution in [2.45, 2.75) is 46.1 Å². The summed E-state index contributed by atoms with van der Waals surface area (Å²) >= 11 is 0. The van der Waals surface area contributed by atoms with Crippen LogP contribution >= 0.6 is 0 Å². The third-order valence-electron chi connectivity index (χ3n) is 5.74. The largest absolute Gasteiger partial charge is 0.352 e. The number of hydrogen-bond donors (Lipinski definition) is 1. The molecule has 1 N–H and O–H groups in total. The van der Waals surface area contributed by atoms with Crippen molar-refractivity contribution in [2.75, 3.05) is 26.2 Å². The number of aryl methyl sites for hydroxylation is 1. The Kier molecular flexibility index (Phi) is 6.55. The van der Waals surface area contributed by atoms with Gasteiger partial charge in [-0.05, 0) is 44.1 Å². The van der Waals surface area contributed by atoms with Crippen LogP contribution in [0, 0.1) is 18.8 Å². The Morgan fingerprint density at radius 2 is 1.74 bits per heavy atom. The van der Waals surface area contributed by atoms with Crippen LogP contribution in [0.25, 0.3) is 0 Å². The minimum atomic E-state index is -3.46. The van der Waals surface area contributed by atoms with E-state index in [9.17, 15) is 13.2 Å². The topological polar surface area (TPSA) is 69.7 Å². The number of nitrogens with one attached hydrogen (secondary N) is 1. The summed E-state index contributed by atoms with van der Waals surface area (Å²) in [5, 5.41) is 2.97. The van der Waals surface area contributed by atoms with Crippen LogP contribution in [-0.2, 0) is 21.5 Å². The zero-order chi connectivity index (χ0) is 19.4. The van der Waals surface area contributed by atoms with Crippen molar-refractivity contribution in [3.63, 3.8) is 0 Å². The van der Waals surface area contributed by atoms with Crippen LogP contribution < -0.4 is 5.32 Å². The normalized spacial score (nSPS) is 23.3. The maximum atomic E-state index is 12.9. The second kappa shape index (κ2) is 8.71. The second-order valence-electron chi connectivity index (χ2n) is 7.99. The van der Waals surface area contributed by atoms with Crippen molar-refractivity contribution in [3.8, 4) is 0 Å². The number of carbonyl (C=O) groups is 1. The molecule has 1 aromatic carbocycles. The van der Waals surface area contributed by atoms with Gasteiger partial charge >= 0.3 is 0 Å². The SMILES string of the molecule is Cc1ccc(CNC(=O)[C@H]2CCCN(S(=O)(=O)N3CCC(C)CC3)C2)cc1. The first-order chi connectivity index (χ1) is 12.9. The van der Waals surface area contributed by atoms with Crippen molar-refractivity contribution in [1.29, 1.82) is 0 Å². The fourth-order valence-electron chi connectivity index (χ4n) is 3.78. The van der Waals surface area contributed by atoms with E-state index in [1.54, 1.807) is 4.31 Å². The molecule has 1 aromatic rings. The van der Waals surface area contributed by atoms with Crippen LogP contribution in [-0.4, -0.2) is 49.1 Å². The van der Waals surface area contributed by atoms with Gasteiger partial charge in [-0.2, -0.15) is 17.0 Å². The molecule has 0 aliphatic carbocycles. The lowest BCUT2D eigenvalue weighted by Crippen LogP contribution is -2.52. The summed E-state index contributed by atoms with van der Waals surface area (Å²) in [7, 11) is -3.46. The Labute approximate surface area is 163 Å². The fraction of sp³-hybridized carbons (Fsp3) is 0.650. The van der Waals surface area contributed by atoms with Gasteiger partial charge in [-0.25, -0.2) is 0 Å². The van der Waals surface area contributed by atoms with E-state index in [4.69, 9.17) is 0 Å². The molecule has 2 fully saturated rings. The maximum Gasteiger partial charge on any atom is 0.281 e. The van der Waals surface area contributed by atoms with Gasteiger partial charge in [0.2, 0.25) is 5.91 Å². The van der Waals surface area contributed by atoms with Crippen molar-refractivity contribution in [3.05, 3.63) is 35.4 Å². The van der Waals surface area contributed by atoms with Gasteiger partial charge in [0, 0.05) is 32.7 Å². The Morgan fingerprint density at radius 3 is 2.41 bits per heavy atom. The molecule has 2 heterocycles. The molecule has 0 saturated carbocycles. The Hall–Kier alpha value is -1.44. The molecule has 1 amide bonds. The molecule has 1 atom stereocenters. The van der Waals surface area contributed by atoms with E-state index in [2.05, 4.69) is 12.2 Å². The predicted molar refractivity (Wildman–Crippen MR) is 106 cm³/mol. The molecule has 0 unspecified atom stereocenters. The zero-order valence-electron chi connectivity index (χ0n) is 16.4. The van der Waals surface area contributed by atoms with Crippen LogP contribution in [0.2, 0.25) is 0 Å². The van der Waals surface area contributed by atoms with Gasteiger partial charge in [0.25, 0.3) is 10.2 Å². The van der Waals surface area contributed by atoms with Crippen molar-refractivity contribution in [1.82, 2.24) is 13.9 Å². The summed E-state index contributed by atoms with van der Waals surface area (Å²) in [6.45, 7) is 6.65. The summed E-state index contributed by atoms with van der Waals surface area (Å²) in [5.41, 5.74) is 2.24. The standard InChI is InChI=1S/C20H31N3O3S/c1-16-5-7-18(8-6-16)14-21-20(24)19-4-3-11-23(15-19)27(25,26)22-12-9-17(2)10-13-22/h5-8,17,19H,3-4,9-15H2,1-2H3,(H,21,24)/t19-/m0/s1. The highest BCUT2D eigenvalue weighted by Crippen LogP contribution is 2.25. The van der Waals surface area contributed by atoms with E-state index in [1.807, 2.05) is 31.2 Å². The quantitative estimate of drug-likeness (QED) is 0.834. The first-order valence-corrected chi connectivity index (χ1v) is 11.3. The average Bonchev–Trinajstić information content (AvgIpc) is 2.68. The van der Waals surface area contributed by atoms with E-state index >= 15 is 0 Å². The van der Waals surface area contributed by atoms with Crippen molar-refractivity contribution >= 4 is 16.1 Å². The molecule has 2 saturated heterocycles. The second-order valence-corrected chi connectivity index (χ2v) is 9.92. The molecule has 0 spiro atoms. The van der Waals surface area contributed by atoms with Gasteiger partial charge in [-0.1, -0.05) is 36.8 Å². The van der Waals surface area contributed by atoms with Crippen molar-refractivity contribution < 1.29 is 13.2 Å². The van der Waals surface area contributed by atoms with E-state index in [0.29, 0.717) is 32.1 Å². The number of hydrogen-bond acceptors (Lipinski definition) is 3. The molecule has 27 heavy (non-hydrogen) atoms. The maximum absolute atomic E-state index is 12.9. The predicted octanol–water partition coefficient (Wildman–Crippen LogP) is 2.30. The fourth-order valence-corrected chi connectivity index (χ4v) is 5.51. The first-order valence-electron chi connectivity index (χ1n) is 9.95. The minimum absolute atomic E-state index is 0.0530. The summed E-state index contributed by atoms with van der Waals surface area (Å²) in [6, 6.07) is 8.06. The molecular formula is C20H31N3O3S. The van der Waals surface area contributed by atoms with Gasteiger partial charge in [0.15, 0.2) is 0 Å². The van der Waals surface area contributed by atoms with Gasteiger partial charge in [0.1, 0.15) is 0 Å². The summed E-state index contributed by atoms with van der Waals surface area (Å²) in [5.74, 6) is 0.253. The number of amides is 1. The highest BCUT2D eigenvalue weighted by Gasteiger charge is 2.36. The smallest absolute Gasteiger partial charge is 0.281 e. The summed E-state index contributed by atoms with van der Waals surface area (Å²) in [6.07, 6.45) is 3.29. The Morgan fingerprint density at radius 1 is 1.07 bits per heavy atom.